The van der Waals surface area contributed by atoms with Crippen LogP contribution < -0.4 is 11.1 Å². The molecule has 0 aromatic heterocycles. The summed E-state index contributed by atoms with van der Waals surface area (Å²) in [6.45, 7) is 3.77. The molecule has 18 heavy (non-hydrogen) atoms. The molecule has 0 aliphatic heterocycles. The molecule has 1 aromatic carbocycles. The van der Waals surface area contributed by atoms with Crippen LogP contribution in [0.4, 0.5) is 5.69 Å². The van der Waals surface area contributed by atoms with E-state index in [-0.39, 0.29) is 24.2 Å². The van der Waals surface area contributed by atoms with E-state index in [2.05, 4.69) is 5.32 Å². The minimum absolute atomic E-state index is 0.0150. The largest absolute Gasteiger partial charge is 0.398 e. The van der Waals surface area contributed by atoms with Crippen molar-refractivity contribution < 1.29 is 9.59 Å². The van der Waals surface area contributed by atoms with Gasteiger partial charge in [-0.15, -0.1) is 0 Å². The number of hydrogen-bond acceptors (Lipinski definition) is 3. The van der Waals surface area contributed by atoms with Crippen LogP contribution in [0.2, 0.25) is 0 Å². The minimum atomic E-state index is -0.170. The first kappa shape index (κ1) is 14.2. The first-order valence-electron chi connectivity index (χ1n) is 6.21. The van der Waals surface area contributed by atoms with Gasteiger partial charge in [0.05, 0.1) is 0 Å². The average molecular weight is 248 g/mol. The minimum Gasteiger partial charge on any atom is -0.398 e. The molecule has 0 aliphatic rings. The Morgan fingerprint density at radius 3 is 2.61 bits per heavy atom. The number of benzene rings is 1. The van der Waals surface area contributed by atoms with Crippen molar-refractivity contribution in [2.75, 3.05) is 5.73 Å². The molecule has 1 atom stereocenters. The number of para-hydroxylation sites is 1. The van der Waals surface area contributed by atoms with Crippen molar-refractivity contribution in [3.8, 4) is 0 Å². The van der Waals surface area contributed by atoms with E-state index in [0.717, 1.165) is 6.42 Å². The van der Waals surface area contributed by atoms with Gasteiger partial charge in [0.1, 0.15) is 0 Å². The summed E-state index contributed by atoms with van der Waals surface area (Å²) in [5.74, 6) is -0.0590. The number of carbonyl (C=O) groups excluding carboxylic acids is 2. The van der Waals surface area contributed by atoms with Crippen molar-refractivity contribution in [2.45, 2.75) is 39.2 Å². The summed E-state index contributed by atoms with van der Waals surface area (Å²) < 4.78 is 0. The van der Waals surface area contributed by atoms with Gasteiger partial charge in [-0.05, 0) is 25.5 Å². The predicted octanol–water partition coefficient (Wildman–Crippen LogP) is 2.15. The van der Waals surface area contributed by atoms with Gasteiger partial charge in [-0.25, -0.2) is 0 Å². The predicted molar refractivity (Wildman–Crippen MR) is 72.3 cm³/mol. The second-order valence-corrected chi connectivity index (χ2v) is 4.43. The summed E-state index contributed by atoms with van der Waals surface area (Å²) in [7, 11) is 0. The number of ketones is 1. The second-order valence-electron chi connectivity index (χ2n) is 4.43. The fourth-order valence-corrected chi connectivity index (χ4v) is 1.76. The van der Waals surface area contributed by atoms with Gasteiger partial charge < -0.3 is 11.1 Å². The molecule has 1 unspecified atom stereocenters. The Morgan fingerprint density at radius 2 is 2.00 bits per heavy atom. The molecule has 3 N–H and O–H groups in total. The monoisotopic (exact) mass is 248 g/mol. The van der Waals surface area contributed by atoms with Crippen LogP contribution >= 0.6 is 0 Å². The van der Waals surface area contributed by atoms with E-state index in [1.807, 2.05) is 13.8 Å². The molecule has 4 heteroatoms. The average Bonchev–Trinajstić information content (AvgIpc) is 2.29. The number of hydrogen-bond donors (Lipinski definition) is 2. The van der Waals surface area contributed by atoms with E-state index in [1.165, 1.54) is 0 Å². The molecule has 0 aliphatic carbocycles. The van der Waals surface area contributed by atoms with Crippen molar-refractivity contribution in [1.82, 2.24) is 5.32 Å². The highest BCUT2D eigenvalue weighted by Crippen LogP contribution is 2.13. The van der Waals surface area contributed by atoms with E-state index in [9.17, 15) is 9.59 Å². The number of amides is 1. The molecule has 4 nitrogen and oxygen atoms in total. The Morgan fingerprint density at radius 1 is 1.33 bits per heavy atom. The number of Topliss-reactive ketones (excluding diaryl/α,β-unsaturated/α-hetero) is 1. The topological polar surface area (TPSA) is 72.2 Å². The number of nitrogen functional groups attached to an aromatic ring is 1. The van der Waals surface area contributed by atoms with Gasteiger partial charge in [0.15, 0.2) is 5.78 Å². The third-order valence-electron chi connectivity index (χ3n) is 2.64. The molecule has 0 saturated carbocycles. The first-order valence-corrected chi connectivity index (χ1v) is 6.21. The number of anilines is 1. The third kappa shape index (κ3) is 4.20. The zero-order valence-electron chi connectivity index (χ0n) is 10.9. The Kier molecular flexibility index (Phi) is 5.36. The Balaban J connectivity index is 2.55. The molecule has 1 amide bonds. The van der Waals surface area contributed by atoms with E-state index in [4.69, 9.17) is 5.73 Å². The number of nitrogens with one attached hydrogen (secondary N) is 1. The molecule has 98 valence electrons. The van der Waals surface area contributed by atoms with Gasteiger partial charge in [-0.2, -0.15) is 0 Å². The Hall–Kier alpha value is -1.84. The summed E-state index contributed by atoms with van der Waals surface area (Å²) in [6, 6.07) is 6.81. The summed E-state index contributed by atoms with van der Waals surface area (Å²) >= 11 is 0. The van der Waals surface area contributed by atoms with Crippen molar-refractivity contribution >= 4 is 17.4 Å². The maximum Gasteiger partial charge on any atom is 0.220 e. The fraction of sp³-hybridized carbons (Fsp3) is 0.429. The lowest BCUT2D eigenvalue weighted by atomic mass is 10.0. The van der Waals surface area contributed by atoms with Crippen LogP contribution in [0.5, 0.6) is 0 Å². The zero-order chi connectivity index (χ0) is 13.5. The summed E-state index contributed by atoms with van der Waals surface area (Å²) in [4.78, 5) is 23.4. The fourth-order valence-electron chi connectivity index (χ4n) is 1.76. The smallest absolute Gasteiger partial charge is 0.220 e. The van der Waals surface area contributed by atoms with Gasteiger partial charge in [0, 0.05) is 30.1 Å². The Bertz CT molecular complexity index is 430. The van der Waals surface area contributed by atoms with Crippen molar-refractivity contribution in [3.63, 3.8) is 0 Å². The molecule has 0 spiro atoms. The van der Waals surface area contributed by atoms with Crippen LogP contribution in [0.15, 0.2) is 24.3 Å². The van der Waals surface area contributed by atoms with Crippen LogP contribution in [0.1, 0.15) is 43.5 Å². The molecule has 0 fully saturated rings. The molecule has 0 saturated heterocycles. The standard InChI is InChI=1S/C14H20N2O2/c1-3-6-14(18)16-10(2)9-13(17)11-7-4-5-8-12(11)15/h4-5,7-8,10H,3,6,9,15H2,1-2H3,(H,16,18). The normalized spacial score (nSPS) is 11.9. The van der Waals surface area contributed by atoms with E-state index in [1.54, 1.807) is 24.3 Å². The maximum absolute atomic E-state index is 12.0. The van der Waals surface area contributed by atoms with E-state index < -0.39 is 0 Å². The molecular weight excluding hydrogens is 228 g/mol. The number of nitrogens with two attached hydrogens (primary N) is 1. The third-order valence-corrected chi connectivity index (χ3v) is 2.64. The molecule has 0 radical (unpaired) electrons. The van der Waals surface area contributed by atoms with E-state index in [0.29, 0.717) is 17.7 Å². The molecule has 1 rings (SSSR count). The van der Waals surface area contributed by atoms with Gasteiger partial charge in [0.2, 0.25) is 5.91 Å². The highest BCUT2D eigenvalue weighted by Gasteiger charge is 2.14. The van der Waals surface area contributed by atoms with Crippen LogP contribution in [0, 0.1) is 0 Å². The Labute approximate surface area is 108 Å². The summed E-state index contributed by atoms with van der Waals surface area (Å²) in [5, 5.41) is 2.80. The van der Waals surface area contributed by atoms with Crippen molar-refractivity contribution in [3.05, 3.63) is 29.8 Å². The highest BCUT2D eigenvalue weighted by atomic mass is 16.1. The van der Waals surface area contributed by atoms with Crippen LogP contribution in [-0.4, -0.2) is 17.7 Å². The lowest BCUT2D eigenvalue weighted by Crippen LogP contribution is -2.34. The maximum atomic E-state index is 12.0. The summed E-state index contributed by atoms with van der Waals surface area (Å²) in [5.41, 5.74) is 6.74. The molecule has 1 aromatic rings. The quantitative estimate of drug-likeness (QED) is 0.598. The lowest BCUT2D eigenvalue weighted by Gasteiger charge is -2.13. The van der Waals surface area contributed by atoms with Gasteiger partial charge in [-0.3, -0.25) is 9.59 Å². The van der Waals surface area contributed by atoms with Crippen molar-refractivity contribution in [2.24, 2.45) is 0 Å². The molecular formula is C14H20N2O2. The number of carbonyl (C=O) groups is 2. The summed E-state index contributed by atoms with van der Waals surface area (Å²) in [6.07, 6.45) is 1.56. The van der Waals surface area contributed by atoms with E-state index >= 15 is 0 Å². The van der Waals surface area contributed by atoms with Gasteiger partial charge >= 0.3 is 0 Å². The van der Waals surface area contributed by atoms with Crippen molar-refractivity contribution in [1.29, 1.82) is 0 Å². The highest BCUT2D eigenvalue weighted by molar-refractivity contribution is 6.01. The number of rotatable bonds is 6. The SMILES string of the molecule is CCCC(=O)NC(C)CC(=O)c1ccccc1N. The lowest BCUT2D eigenvalue weighted by molar-refractivity contribution is -0.121. The molecule has 0 bridgehead atoms. The van der Waals surface area contributed by atoms with Crippen LogP contribution in [0.25, 0.3) is 0 Å². The zero-order valence-corrected chi connectivity index (χ0v) is 10.9. The van der Waals surface area contributed by atoms with Gasteiger partial charge in [0.25, 0.3) is 0 Å². The van der Waals surface area contributed by atoms with Crippen LogP contribution in [-0.2, 0) is 4.79 Å². The van der Waals surface area contributed by atoms with Gasteiger partial charge in [-0.1, -0.05) is 19.1 Å². The molecule has 0 heterocycles. The van der Waals surface area contributed by atoms with Crippen LogP contribution in [0.3, 0.4) is 0 Å². The first-order chi connectivity index (χ1) is 8.54. The second kappa shape index (κ2) is 6.79.